The fraction of sp³-hybridized carbons (Fsp3) is 0.538. The molecule has 2 aromatic rings. The van der Waals surface area contributed by atoms with Gasteiger partial charge in [0.05, 0.1) is 11.8 Å². The van der Waals surface area contributed by atoms with Crippen LogP contribution in [0.2, 0.25) is 0 Å². The fourth-order valence-electron chi connectivity index (χ4n) is 2.28. The lowest BCUT2D eigenvalue weighted by Gasteiger charge is -2.26. The summed E-state index contributed by atoms with van der Waals surface area (Å²) in [5, 5.41) is 14.4. The van der Waals surface area contributed by atoms with E-state index in [0.717, 1.165) is 19.5 Å². The van der Waals surface area contributed by atoms with Gasteiger partial charge >= 0.3 is 0 Å². The Bertz CT molecular complexity index is 636. The van der Waals surface area contributed by atoms with E-state index >= 15 is 0 Å². The van der Waals surface area contributed by atoms with Crippen molar-refractivity contribution < 1.29 is 4.79 Å². The fourth-order valence-corrected chi connectivity index (χ4v) is 4.08. The van der Waals surface area contributed by atoms with E-state index in [1.54, 1.807) is 16.0 Å². The zero-order chi connectivity index (χ0) is 14.8. The van der Waals surface area contributed by atoms with E-state index < -0.39 is 0 Å². The van der Waals surface area contributed by atoms with Crippen LogP contribution in [-0.2, 0) is 17.8 Å². The maximum Gasteiger partial charge on any atom is 0.233 e. The van der Waals surface area contributed by atoms with Crippen molar-refractivity contribution in [1.82, 2.24) is 25.1 Å². The van der Waals surface area contributed by atoms with Gasteiger partial charge < -0.3 is 4.90 Å². The minimum atomic E-state index is 0.148. The molecule has 0 saturated carbocycles. The maximum absolute atomic E-state index is 12.3. The minimum absolute atomic E-state index is 0.148. The van der Waals surface area contributed by atoms with Gasteiger partial charge in [0.2, 0.25) is 11.1 Å². The number of carbonyl (C=O) groups excluding carboxylic acids is 1. The number of hydrogen-bond acceptors (Lipinski definition) is 6. The van der Waals surface area contributed by atoms with Crippen LogP contribution in [0.3, 0.4) is 0 Å². The summed E-state index contributed by atoms with van der Waals surface area (Å²) < 4.78 is 1.74. The molecule has 3 heterocycles. The average Bonchev–Trinajstić information content (AvgIpc) is 3.12. The molecule has 21 heavy (non-hydrogen) atoms. The van der Waals surface area contributed by atoms with Crippen LogP contribution in [0.25, 0.3) is 0 Å². The first kappa shape index (κ1) is 14.5. The van der Waals surface area contributed by atoms with Crippen molar-refractivity contribution >= 4 is 29.0 Å². The van der Waals surface area contributed by atoms with Crippen molar-refractivity contribution in [3.05, 3.63) is 21.9 Å². The summed E-state index contributed by atoms with van der Waals surface area (Å²) in [5.41, 5.74) is 1.29. The maximum atomic E-state index is 12.3. The number of hydrogen-bond donors (Lipinski definition) is 0. The molecular weight excluding hydrogens is 306 g/mol. The highest BCUT2D eigenvalue weighted by molar-refractivity contribution is 7.99. The normalized spacial score (nSPS) is 14.5. The van der Waals surface area contributed by atoms with Crippen LogP contribution < -0.4 is 0 Å². The molecule has 0 unspecified atom stereocenters. The molecule has 0 atom stereocenters. The van der Waals surface area contributed by atoms with Gasteiger partial charge in [0.1, 0.15) is 0 Å². The summed E-state index contributed by atoms with van der Waals surface area (Å²) >= 11 is 3.19. The molecule has 6 nitrogen and oxygen atoms in total. The molecule has 1 aliphatic rings. The zero-order valence-corrected chi connectivity index (χ0v) is 13.7. The van der Waals surface area contributed by atoms with Crippen LogP contribution >= 0.6 is 23.1 Å². The van der Waals surface area contributed by atoms with Gasteiger partial charge in [-0.15, -0.1) is 16.4 Å². The second-order valence-corrected chi connectivity index (χ2v) is 7.17. The average molecular weight is 323 g/mol. The van der Waals surface area contributed by atoms with Crippen LogP contribution in [-0.4, -0.2) is 43.3 Å². The molecule has 8 heteroatoms. The summed E-state index contributed by atoms with van der Waals surface area (Å²) in [6, 6.07) is 2.31. The lowest BCUT2D eigenvalue weighted by molar-refractivity contribution is -0.129. The quantitative estimate of drug-likeness (QED) is 0.805. The smallest absolute Gasteiger partial charge is 0.233 e. The van der Waals surface area contributed by atoms with E-state index in [1.165, 1.54) is 22.2 Å². The Labute approximate surface area is 131 Å². The Morgan fingerprint density at radius 2 is 2.38 bits per heavy atom. The first-order chi connectivity index (χ1) is 10.1. The second-order valence-electron chi connectivity index (χ2n) is 5.22. The van der Waals surface area contributed by atoms with Crippen molar-refractivity contribution in [2.24, 2.45) is 0 Å². The molecule has 0 bridgehead atoms. The molecule has 0 aliphatic carbocycles. The van der Waals surface area contributed by atoms with Crippen molar-refractivity contribution in [2.75, 3.05) is 12.3 Å². The molecular formula is C13H17N5OS2. The first-order valence-electron chi connectivity index (χ1n) is 6.89. The SMILES string of the molecule is CC(C)n1nnnc1SCC(=O)N1CCc2sccc2C1. The third-order valence-electron chi connectivity index (χ3n) is 3.44. The van der Waals surface area contributed by atoms with Gasteiger partial charge in [-0.2, -0.15) is 0 Å². The van der Waals surface area contributed by atoms with Crippen molar-refractivity contribution in [2.45, 2.75) is 38.0 Å². The number of thiophene rings is 1. The van der Waals surface area contributed by atoms with Crippen molar-refractivity contribution in [3.63, 3.8) is 0 Å². The predicted octanol–water partition coefficient (Wildman–Crippen LogP) is 1.99. The van der Waals surface area contributed by atoms with Gasteiger partial charge in [-0.25, -0.2) is 4.68 Å². The van der Waals surface area contributed by atoms with E-state index in [-0.39, 0.29) is 11.9 Å². The van der Waals surface area contributed by atoms with Crippen molar-refractivity contribution in [3.8, 4) is 0 Å². The van der Waals surface area contributed by atoms with E-state index in [2.05, 4.69) is 27.0 Å². The van der Waals surface area contributed by atoms with Gasteiger partial charge in [0.25, 0.3) is 0 Å². The number of tetrazole rings is 1. The van der Waals surface area contributed by atoms with Gasteiger partial charge in [-0.3, -0.25) is 4.79 Å². The van der Waals surface area contributed by atoms with E-state index in [1.807, 2.05) is 18.7 Å². The Hall–Kier alpha value is -1.41. The summed E-state index contributed by atoms with van der Waals surface area (Å²) in [5.74, 6) is 0.530. The van der Waals surface area contributed by atoms with Crippen LogP contribution in [0.15, 0.2) is 16.6 Å². The highest BCUT2D eigenvalue weighted by Gasteiger charge is 2.22. The first-order valence-corrected chi connectivity index (χ1v) is 8.75. The summed E-state index contributed by atoms with van der Waals surface area (Å²) in [6.07, 6.45) is 0.965. The van der Waals surface area contributed by atoms with Gasteiger partial charge in [-0.1, -0.05) is 11.8 Å². The number of thioether (sulfide) groups is 1. The lowest BCUT2D eigenvalue weighted by atomic mass is 10.1. The Morgan fingerprint density at radius 1 is 1.52 bits per heavy atom. The van der Waals surface area contributed by atoms with Gasteiger partial charge in [0, 0.05) is 18.0 Å². The molecule has 3 rings (SSSR count). The molecule has 0 spiro atoms. The summed E-state index contributed by atoms with van der Waals surface area (Å²) in [6.45, 7) is 5.57. The van der Waals surface area contributed by atoms with Crippen molar-refractivity contribution in [1.29, 1.82) is 0 Å². The number of fused-ring (bicyclic) bond motifs is 1. The molecule has 0 fully saturated rings. The molecule has 112 valence electrons. The molecule has 0 saturated heterocycles. The predicted molar refractivity (Wildman–Crippen MR) is 82.4 cm³/mol. The Morgan fingerprint density at radius 3 is 3.19 bits per heavy atom. The molecule has 0 N–H and O–H groups in total. The number of rotatable bonds is 4. The third kappa shape index (κ3) is 3.11. The van der Waals surface area contributed by atoms with E-state index in [0.29, 0.717) is 10.9 Å². The number of nitrogens with zero attached hydrogens (tertiary/aromatic N) is 5. The highest BCUT2D eigenvalue weighted by Crippen LogP contribution is 2.25. The Balaban J connectivity index is 1.59. The zero-order valence-electron chi connectivity index (χ0n) is 12.0. The molecule has 1 amide bonds. The number of amides is 1. The minimum Gasteiger partial charge on any atom is -0.337 e. The summed E-state index contributed by atoms with van der Waals surface area (Å²) in [4.78, 5) is 15.7. The second kappa shape index (κ2) is 6.15. The van der Waals surface area contributed by atoms with Crippen LogP contribution in [0, 0.1) is 0 Å². The molecule has 0 aromatic carbocycles. The molecule has 0 radical (unpaired) electrons. The Kier molecular flexibility index (Phi) is 4.25. The topological polar surface area (TPSA) is 63.9 Å². The van der Waals surface area contributed by atoms with Gasteiger partial charge in [-0.05, 0) is 47.7 Å². The van der Waals surface area contributed by atoms with E-state index in [9.17, 15) is 4.79 Å². The third-order valence-corrected chi connectivity index (χ3v) is 5.38. The number of aromatic nitrogens is 4. The standard InChI is InChI=1S/C13H17N5OS2/c1-9(2)18-13(14-15-16-18)21-8-12(19)17-5-3-11-10(7-17)4-6-20-11/h4,6,9H,3,5,7-8H2,1-2H3. The van der Waals surface area contributed by atoms with Gasteiger partial charge in [0.15, 0.2) is 0 Å². The molecule has 2 aromatic heterocycles. The number of carbonyl (C=O) groups is 1. The monoisotopic (exact) mass is 323 g/mol. The molecule has 1 aliphatic heterocycles. The van der Waals surface area contributed by atoms with Crippen LogP contribution in [0.4, 0.5) is 0 Å². The lowest BCUT2D eigenvalue weighted by Crippen LogP contribution is -2.36. The summed E-state index contributed by atoms with van der Waals surface area (Å²) in [7, 11) is 0. The van der Waals surface area contributed by atoms with Crippen LogP contribution in [0.5, 0.6) is 0 Å². The largest absolute Gasteiger partial charge is 0.337 e. The van der Waals surface area contributed by atoms with Crippen LogP contribution in [0.1, 0.15) is 30.3 Å². The van der Waals surface area contributed by atoms with E-state index in [4.69, 9.17) is 0 Å². The highest BCUT2D eigenvalue weighted by atomic mass is 32.2.